The Kier molecular flexibility index (Phi) is 15.4. The first kappa shape index (κ1) is 28.9. The Morgan fingerprint density at radius 3 is 1.87 bits per heavy atom. The Labute approximate surface area is 187 Å². The number of amides is 3. The molecule has 0 heterocycles. The molecule has 8 heteroatoms. The molecule has 0 rings (SSSR count). The molecule has 0 saturated heterocycles. The van der Waals surface area contributed by atoms with Crippen molar-refractivity contribution < 1.29 is 23.9 Å². The van der Waals surface area contributed by atoms with E-state index in [0.717, 1.165) is 19.3 Å². The molecule has 31 heavy (non-hydrogen) atoms. The average Bonchev–Trinajstić information content (AvgIpc) is 2.71. The lowest BCUT2D eigenvalue weighted by Crippen LogP contribution is -2.55. The largest absolute Gasteiger partial charge is 0.467 e. The molecule has 3 amide bonds. The average molecular weight is 442 g/mol. The van der Waals surface area contributed by atoms with Gasteiger partial charge in [0.25, 0.3) is 0 Å². The predicted octanol–water partition coefficient (Wildman–Crippen LogP) is 2.84. The fourth-order valence-corrected chi connectivity index (χ4v) is 3.17. The first-order chi connectivity index (χ1) is 14.6. The van der Waals surface area contributed by atoms with E-state index in [2.05, 4.69) is 27.6 Å². The molecular formula is C23H43N3O5. The molecule has 8 nitrogen and oxygen atoms in total. The Morgan fingerprint density at radius 2 is 1.32 bits per heavy atom. The molecule has 0 saturated carbocycles. The molecule has 0 radical (unpaired) electrons. The van der Waals surface area contributed by atoms with E-state index in [1.54, 1.807) is 6.92 Å². The van der Waals surface area contributed by atoms with Gasteiger partial charge in [-0.3, -0.25) is 14.4 Å². The van der Waals surface area contributed by atoms with Crippen LogP contribution in [-0.2, 0) is 23.9 Å². The zero-order valence-electron chi connectivity index (χ0n) is 20.2. The zero-order chi connectivity index (χ0) is 23.8. The molecule has 180 valence electrons. The van der Waals surface area contributed by atoms with Crippen LogP contribution in [0.2, 0.25) is 0 Å². The van der Waals surface area contributed by atoms with E-state index in [0.29, 0.717) is 12.8 Å². The van der Waals surface area contributed by atoms with Crippen molar-refractivity contribution in [3.05, 3.63) is 0 Å². The van der Waals surface area contributed by atoms with Crippen LogP contribution < -0.4 is 16.0 Å². The van der Waals surface area contributed by atoms with Crippen LogP contribution in [0.4, 0.5) is 0 Å². The van der Waals surface area contributed by atoms with Gasteiger partial charge < -0.3 is 20.7 Å². The van der Waals surface area contributed by atoms with Crippen LogP contribution in [0.3, 0.4) is 0 Å². The van der Waals surface area contributed by atoms with E-state index in [9.17, 15) is 19.2 Å². The summed E-state index contributed by atoms with van der Waals surface area (Å²) < 4.78 is 4.61. The topological polar surface area (TPSA) is 114 Å². The SMILES string of the molecule is CCCCCCCCCC(=O)NC(C)C(=O)NC(CC(C)C)C(=O)NC(C)C(=O)OC. The second-order valence-corrected chi connectivity index (χ2v) is 8.60. The third-order valence-electron chi connectivity index (χ3n) is 5.03. The summed E-state index contributed by atoms with van der Waals surface area (Å²) in [5.41, 5.74) is 0. The summed E-state index contributed by atoms with van der Waals surface area (Å²) in [5, 5.41) is 7.95. The van der Waals surface area contributed by atoms with Crippen molar-refractivity contribution in [2.45, 2.75) is 111 Å². The first-order valence-electron chi connectivity index (χ1n) is 11.6. The predicted molar refractivity (Wildman–Crippen MR) is 121 cm³/mol. The quantitative estimate of drug-likeness (QED) is 0.252. The van der Waals surface area contributed by atoms with Gasteiger partial charge >= 0.3 is 5.97 Å². The molecule has 0 aliphatic carbocycles. The smallest absolute Gasteiger partial charge is 0.328 e. The summed E-state index contributed by atoms with van der Waals surface area (Å²) in [6, 6.07) is -2.37. The minimum Gasteiger partial charge on any atom is -0.467 e. The summed E-state index contributed by atoms with van der Waals surface area (Å²) in [6.07, 6.45) is 8.63. The maximum Gasteiger partial charge on any atom is 0.328 e. The summed E-state index contributed by atoms with van der Waals surface area (Å²) in [4.78, 5) is 48.7. The molecule has 0 fully saturated rings. The van der Waals surface area contributed by atoms with Crippen molar-refractivity contribution >= 4 is 23.7 Å². The van der Waals surface area contributed by atoms with Crippen molar-refractivity contribution in [3.8, 4) is 0 Å². The van der Waals surface area contributed by atoms with E-state index < -0.39 is 35.9 Å². The van der Waals surface area contributed by atoms with E-state index in [1.807, 2.05) is 13.8 Å². The second-order valence-electron chi connectivity index (χ2n) is 8.60. The summed E-state index contributed by atoms with van der Waals surface area (Å²) in [5.74, 6) is -1.47. The Morgan fingerprint density at radius 1 is 0.742 bits per heavy atom. The number of unbranched alkanes of at least 4 members (excludes halogenated alkanes) is 6. The van der Waals surface area contributed by atoms with Crippen LogP contribution in [-0.4, -0.2) is 48.9 Å². The highest BCUT2D eigenvalue weighted by Crippen LogP contribution is 2.09. The van der Waals surface area contributed by atoms with E-state index in [4.69, 9.17) is 0 Å². The van der Waals surface area contributed by atoms with Gasteiger partial charge in [-0.15, -0.1) is 0 Å². The molecule has 3 N–H and O–H groups in total. The molecule has 3 atom stereocenters. The van der Waals surface area contributed by atoms with E-state index in [-0.39, 0.29) is 11.8 Å². The van der Waals surface area contributed by atoms with Gasteiger partial charge in [0, 0.05) is 6.42 Å². The molecule has 0 aliphatic heterocycles. The van der Waals surface area contributed by atoms with Crippen LogP contribution in [0, 0.1) is 5.92 Å². The number of hydrogen-bond donors (Lipinski definition) is 3. The van der Waals surface area contributed by atoms with Crippen LogP contribution in [0.25, 0.3) is 0 Å². The maximum atomic E-state index is 12.5. The lowest BCUT2D eigenvalue weighted by atomic mass is 10.0. The minimum atomic E-state index is -0.817. The number of hydrogen-bond acceptors (Lipinski definition) is 5. The first-order valence-corrected chi connectivity index (χ1v) is 11.6. The van der Waals surface area contributed by atoms with Gasteiger partial charge in [0.05, 0.1) is 7.11 Å². The van der Waals surface area contributed by atoms with Gasteiger partial charge in [-0.2, -0.15) is 0 Å². The maximum absolute atomic E-state index is 12.5. The van der Waals surface area contributed by atoms with Crippen molar-refractivity contribution in [1.82, 2.24) is 16.0 Å². The molecule has 0 bridgehead atoms. The third-order valence-corrected chi connectivity index (χ3v) is 5.03. The van der Waals surface area contributed by atoms with Crippen molar-refractivity contribution in [2.24, 2.45) is 5.92 Å². The fraction of sp³-hybridized carbons (Fsp3) is 0.826. The van der Waals surface area contributed by atoms with Gasteiger partial charge in [-0.1, -0.05) is 59.3 Å². The number of carbonyl (C=O) groups is 4. The highest BCUT2D eigenvalue weighted by Gasteiger charge is 2.27. The number of methoxy groups -OCH3 is 1. The van der Waals surface area contributed by atoms with Crippen molar-refractivity contribution in [2.75, 3.05) is 7.11 Å². The van der Waals surface area contributed by atoms with Gasteiger partial charge in [0.1, 0.15) is 18.1 Å². The number of esters is 1. The monoisotopic (exact) mass is 441 g/mol. The van der Waals surface area contributed by atoms with Gasteiger partial charge in [0.2, 0.25) is 17.7 Å². The van der Waals surface area contributed by atoms with Crippen LogP contribution in [0.15, 0.2) is 0 Å². The highest BCUT2D eigenvalue weighted by atomic mass is 16.5. The summed E-state index contributed by atoms with van der Waals surface area (Å²) >= 11 is 0. The normalized spacial score (nSPS) is 13.8. The van der Waals surface area contributed by atoms with Crippen LogP contribution >= 0.6 is 0 Å². The van der Waals surface area contributed by atoms with Crippen molar-refractivity contribution in [1.29, 1.82) is 0 Å². The van der Waals surface area contributed by atoms with Crippen LogP contribution in [0.5, 0.6) is 0 Å². The number of rotatable bonds is 16. The third kappa shape index (κ3) is 13.7. The standard InChI is InChI=1S/C23H43N3O5/c1-7-8-9-10-11-12-13-14-20(27)24-17(4)21(28)26-19(15-16(2)3)22(29)25-18(5)23(30)31-6/h16-19H,7-15H2,1-6H3,(H,24,27)(H,25,29)(H,26,28). The minimum absolute atomic E-state index is 0.145. The van der Waals surface area contributed by atoms with Crippen LogP contribution in [0.1, 0.15) is 92.4 Å². The number of carbonyl (C=O) groups excluding carboxylic acids is 4. The second kappa shape index (κ2) is 16.6. The lowest BCUT2D eigenvalue weighted by molar-refractivity contribution is -0.145. The molecule has 0 aromatic rings. The van der Waals surface area contributed by atoms with Gasteiger partial charge in [0.15, 0.2) is 0 Å². The van der Waals surface area contributed by atoms with Crippen molar-refractivity contribution in [3.63, 3.8) is 0 Å². The Bertz CT molecular complexity index is 565. The molecule has 0 aliphatic rings. The van der Waals surface area contributed by atoms with Gasteiger partial charge in [-0.25, -0.2) is 4.79 Å². The summed E-state index contributed by atoms with van der Waals surface area (Å²) in [7, 11) is 1.25. The van der Waals surface area contributed by atoms with E-state index in [1.165, 1.54) is 39.7 Å². The molecule has 0 aromatic carbocycles. The highest BCUT2D eigenvalue weighted by molar-refractivity contribution is 5.93. The Balaban J connectivity index is 4.52. The van der Waals surface area contributed by atoms with E-state index >= 15 is 0 Å². The molecule has 3 unspecified atom stereocenters. The number of nitrogens with one attached hydrogen (secondary N) is 3. The van der Waals surface area contributed by atoms with Gasteiger partial charge in [-0.05, 0) is 32.6 Å². The number of ether oxygens (including phenoxy) is 1. The fourth-order valence-electron chi connectivity index (χ4n) is 3.17. The zero-order valence-corrected chi connectivity index (χ0v) is 20.2. The molecule has 0 spiro atoms. The summed E-state index contributed by atoms with van der Waals surface area (Å²) in [6.45, 7) is 9.17. The molecular weight excluding hydrogens is 398 g/mol. The Hall–Kier alpha value is -2.12. The molecule has 0 aromatic heterocycles. The lowest BCUT2D eigenvalue weighted by Gasteiger charge is -2.23.